The fraction of sp³-hybridized carbons (Fsp3) is 0.0769. The first-order chi connectivity index (χ1) is 8.65. The second-order valence-electron chi connectivity index (χ2n) is 3.81. The number of nitrogens with one attached hydrogen (secondary N) is 2. The molecule has 0 aliphatic rings. The van der Waals surface area contributed by atoms with Crippen LogP contribution in [0.4, 0.5) is 10.5 Å². The van der Waals surface area contributed by atoms with Gasteiger partial charge in [-0.25, -0.2) is 4.79 Å². The van der Waals surface area contributed by atoms with Crippen molar-refractivity contribution in [3.8, 4) is 0 Å². The Balaban J connectivity index is 0.00000180. The molecule has 2 N–H and O–H groups in total. The maximum atomic E-state index is 11.7. The highest BCUT2D eigenvalue weighted by Crippen LogP contribution is 2.19. The molecule has 0 aliphatic carbocycles. The van der Waals surface area contributed by atoms with Crippen molar-refractivity contribution >= 4 is 23.3 Å². The molecule has 0 radical (unpaired) electrons. The van der Waals surface area contributed by atoms with E-state index in [2.05, 4.69) is 10.7 Å². The number of hydrogen-bond acceptors (Lipinski definition) is 1. The molecule has 1 aromatic carbocycles. The zero-order valence-electron chi connectivity index (χ0n) is 10.2. The van der Waals surface area contributed by atoms with Crippen molar-refractivity contribution < 1.29 is 21.9 Å². The Hall–Kier alpha value is -1.78. The highest BCUT2D eigenvalue weighted by atomic mass is 35.5. The van der Waals surface area contributed by atoms with Crippen LogP contribution in [0.25, 0.3) is 0 Å². The van der Waals surface area contributed by atoms with Crippen LogP contribution < -0.4 is 27.8 Å². The van der Waals surface area contributed by atoms with Crippen LogP contribution in [0.15, 0.2) is 48.8 Å². The summed E-state index contributed by atoms with van der Waals surface area (Å²) in [6.45, 7) is 1.91. The van der Waals surface area contributed by atoms with E-state index < -0.39 is 0 Å². The molecule has 0 saturated heterocycles. The van der Waals surface area contributed by atoms with Crippen LogP contribution >= 0.6 is 11.6 Å². The number of aryl methyl sites for hydroxylation is 1. The Bertz CT molecular complexity index is 561. The summed E-state index contributed by atoms with van der Waals surface area (Å²) in [6, 6.07) is 10.6. The van der Waals surface area contributed by atoms with Gasteiger partial charge in [0.2, 0.25) is 0 Å². The van der Waals surface area contributed by atoms with Crippen LogP contribution in [0, 0.1) is 6.92 Å². The summed E-state index contributed by atoms with van der Waals surface area (Å²) in [6.07, 6.45) is 3.48. The van der Waals surface area contributed by atoms with Crippen molar-refractivity contribution in [3.63, 3.8) is 0 Å². The minimum atomic E-state index is -0.328. The molecule has 1 heterocycles. The van der Waals surface area contributed by atoms with Crippen molar-refractivity contribution in [2.75, 3.05) is 10.7 Å². The number of anilines is 1. The third-order valence-electron chi connectivity index (χ3n) is 2.38. The van der Waals surface area contributed by atoms with Gasteiger partial charge in [0, 0.05) is 22.8 Å². The lowest BCUT2D eigenvalue weighted by Crippen LogP contribution is -3.00. The minimum Gasteiger partial charge on any atom is -1.00 e. The molecular weight excluding hydrogens is 285 g/mol. The summed E-state index contributed by atoms with van der Waals surface area (Å²) < 4.78 is 1.56. The van der Waals surface area contributed by atoms with Crippen molar-refractivity contribution in [2.45, 2.75) is 6.92 Å². The van der Waals surface area contributed by atoms with Crippen molar-refractivity contribution in [3.05, 3.63) is 59.4 Å². The molecule has 0 spiro atoms. The molecule has 0 fully saturated rings. The molecule has 1 aromatic heterocycles. The highest BCUT2D eigenvalue weighted by molar-refractivity contribution is 6.31. The van der Waals surface area contributed by atoms with E-state index in [9.17, 15) is 4.79 Å². The molecule has 0 saturated carbocycles. The molecule has 0 aliphatic heterocycles. The number of amides is 2. The Morgan fingerprint density at radius 2 is 1.89 bits per heavy atom. The number of halogens is 2. The second kappa shape index (κ2) is 6.97. The first kappa shape index (κ1) is 15.3. The largest absolute Gasteiger partial charge is 1.00 e. The third-order valence-corrected chi connectivity index (χ3v) is 2.78. The number of hydrogen-bond donors (Lipinski definition) is 2. The van der Waals surface area contributed by atoms with Gasteiger partial charge in [-0.2, -0.15) is 0 Å². The molecule has 0 unspecified atom stereocenters. The van der Waals surface area contributed by atoms with Gasteiger partial charge in [0.25, 0.3) is 0 Å². The predicted molar refractivity (Wildman–Crippen MR) is 71.2 cm³/mol. The van der Waals surface area contributed by atoms with E-state index in [0.717, 1.165) is 5.56 Å². The van der Waals surface area contributed by atoms with Crippen molar-refractivity contribution in [1.82, 2.24) is 0 Å². The van der Waals surface area contributed by atoms with E-state index in [-0.39, 0.29) is 18.4 Å². The molecule has 2 aromatic rings. The van der Waals surface area contributed by atoms with E-state index >= 15 is 0 Å². The summed E-state index contributed by atoms with van der Waals surface area (Å²) >= 11 is 5.98. The van der Waals surface area contributed by atoms with Gasteiger partial charge in [-0.3, -0.25) is 0 Å². The topological polar surface area (TPSA) is 45.0 Å². The zero-order valence-corrected chi connectivity index (χ0v) is 11.7. The molecule has 2 amide bonds. The lowest BCUT2D eigenvalue weighted by molar-refractivity contribution is -0.641. The number of rotatable bonds is 2. The van der Waals surface area contributed by atoms with Gasteiger partial charge < -0.3 is 17.7 Å². The van der Waals surface area contributed by atoms with Gasteiger partial charge in [0.1, 0.15) is 0 Å². The van der Waals surface area contributed by atoms with E-state index in [0.29, 0.717) is 10.7 Å². The summed E-state index contributed by atoms with van der Waals surface area (Å²) in [5, 5.41) is 3.33. The molecule has 0 bridgehead atoms. The predicted octanol–water partition coefficient (Wildman–Crippen LogP) is -0.284. The maximum absolute atomic E-state index is 11.7. The number of carbonyl (C=O) groups is 1. The molecule has 19 heavy (non-hydrogen) atoms. The number of nitrogens with zero attached hydrogens (tertiary/aromatic N) is 1. The SMILES string of the molecule is Cc1ccc(NC(=O)N[n+]2ccccc2)cc1Cl.[Cl-]. The smallest absolute Gasteiger partial charge is 0.372 e. The van der Waals surface area contributed by atoms with Crippen LogP contribution in [0.2, 0.25) is 5.02 Å². The average Bonchev–Trinajstić information content (AvgIpc) is 2.35. The molecular formula is C13H13Cl2N3O. The summed E-state index contributed by atoms with van der Waals surface area (Å²) in [5.74, 6) is 0. The zero-order chi connectivity index (χ0) is 13.0. The van der Waals surface area contributed by atoms with Crippen molar-refractivity contribution in [1.29, 1.82) is 0 Å². The second-order valence-corrected chi connectivity index (χ2v) is 4.22. The van der Waals surface area contributed by atoms with E-state index in [1.807, 2.05) is 31.2 Å². The van der Waals surface area contributed by atoms with E-state index in [4.69, 9.17) is 11.6 Å². The first-order valence-corrected chi connectivity index (χ1v) is 5.83. The summed E-state index contributed by atoms with van der Waals surface area (Å²) in [4.78, 5) is 11.7. The molecule has 100 valence electrons. The fourth-order valence-corrected chi connectivity index (χ4v) is 1.60. The van der Waals surface area contributed by atoms with Gasteiger partial charge in [-0.05, 0) is 24.6 Å². The van der Waals surface area contributed by atoms with E-state index in [1.54, 1.807) is 29.2 Å². The third kappa shape index (κ3) is 4.43. The maximum Gasteiger partial charge on any atom is 0.372 e. The van der Waals surface area contributed by atoms with Crippen LogP contribution in [0.1, 0.15) is 5.56 Å². The monoisotopic (exact) mass is 297 g/mol. The first-order valence-electron chi connectivity index (χ1n) is 5.45. The quantitative estimate of drug-likeness (QED) is 0.736. The van der Waals surface area contributed by atoms with Gasteiger partial charge in [-0.1, -0.05) is 28.4 Å². The Morgan fingerprint density at radius 3 is 2.53 bits per heavy atom. The molecule has 6 heteroatoms. The number of pyridine rings is 1. The van der Waals surface area contributed by atoms with Crippen LogP contribution in [-0.2, 0) is 0 Å². The van der Waals surface area contributed by atoms with Gasteiger partial charge in [-0.15, -0.1) is 5.43 Å². The van der Waals surface area contributed by atoms with Gasteiger partial charge >= 0.3 is 6.03 Å². The molecule has 0 atom stereocenters. The van der Waals surface area contributed by atoms with E-state index in [1.165, 1.54) is 0 Å². The van der Waals surface area contributed by atoms with Crippen LogP contribution in [-0.4, -0.2) is 6.03 Å². The van der Waals surface area contributed by atoms with Crippen LogP contribution in [0.5, 0.6) is 0 Å². The number of urea groups is 1. The van der Waals surface area contributed by atoms with Crippen LogP contribution in [0.3, 0.4) is 0 Å². The molecule has 4 nitrogen and oxygen atoms in total. The summed E-state index contributed by atoms with van der Waals surface area (Å²) in [7, 11) is 0. The molecule has 2 rings (SSSR count). The summed E-state index contributed by atoms with van der Waals surface area (Å²) in [5.41, 5.74) is 4.27. The Morgan fingerprint density at radius 1 is 1.21 bits per heavy atom. The fourth-order valence-electron chi connectivity index (χ4n) is 1.42. The lowest BCUT2D eigenvalue weighted by atomic mass is 10.2. The minimum absolute atomic E-state index is 0. The van der Waals surface area contributed by atoms with Gasteiger partial charge in [0.05, 0.1) is 0 Å². The number of benzene rings is 1. The number of aromatic nitrogens is 1. The van der Waals surface area contributed by atoms with Crippen molar-refractivity contribution in [2.24, 2.45) is 0 Å². The number of carbonyl (C=O) groups excluding carboxylic acids is 1. The average molecular weight is 298 g/mol. The Labute approximate surface area is 122 Å². The standard InChI is InChI=1S/C13H12ClN3O.ClH/c1-10-5-6-11(9-12(10)14)15-13(18)16-17-7-3-2-4-8-17;/h2-9H,1H3,(H-,15,16,18);1H. The lowest BCUT2D eigenvalue weighted by Gasteiger charge is -2.05. The Kier molecular flexibility index (Phi) is 5.60. The highest BCUT2D eigenvalue weighted by Gasteiger charge is 2.07. The van der Waals surface area contributed by atoms with Gasteiger partial charge in [0.15, 0.2) is 12.4 Å². The normalized spacial score (nSPS) is 9.37.